The van der Waals surface area contributed by atoms with Crippen molar-refractivity contribution in [2.45, 2.75) is 6.54 Å². The third-order valence-electron chi connectivity index (χ3n) is 4.16. The van der Waals surface area contributed by atoms with E-state index in [1.165, 1.54) is 21.3 Å². The van der Waals surface area contributed by atoms with E-state index in [1.54, 1.807) is 42.9 Å². The predicted octanol–water partition coefficient (Wildman–Crippen LogP) is 3.37. The molecular weight excluding hydrogens is 372 g/mol. The molecule has 2 heterocycles. The van der Waals surface area contributed by atoms with E-state index in [0.717, 1.165) is 11.3 Å². The molecule has 0 aliphatic heterocycles. The van der Waals surface area contributed by atoms with Gasteiger partial charge in [-0.1, -0.05) is 0 Å². The van der Waals surface area contributed by atoms with Gasteiger partial charge in [-0.2, -0.15) is 0 Å². The zero-order valence-electron chi connectivity index (χ0n) is 16.4. The van der Waals surface area contributed by atoms with Crippen LogP contribution in [-0.2, 0) is 6.54 Å². The Hall–Kier alpha value is -3.81. The van der Waals surface area contributed by atoms with Gasteiger partial charge in [0, 0.05) is 36.8 Å². The molecule has 8 heteroatoms. The molecule has 0 fully saturated rings. The Morgan fingerprint density at radius 2 is 1.62 bits per heavy atom. The number of anilines is 2. The van der Waals surface area contributed by atoms with Crippen molar-refractivity contribution in [1.29, 1.82) is 0 Å². The van der Waals surface area contributed by atoms with E-state index in [-0.39, 0.29) is 11.6 Å². The van der Waals surface area contributed by atoms with E-state index in [0.29, 0.717) is 29.5 Å². The van der Waals surface area contributed by atoms with Crippen molar-refractivity contribution in [2.24, 2.45) is 0 Å². The van der Waals surface area contributed by atoms with Gasteiger partial charge in [-0.05, 0) is 29.8 Å². The maximum Gasteiger partial charge on any atom is 0.274 e. The predicted molar refractivity (Wildman–Crippen MR) is 110 cm³/mol. The Labute approximate surface area is 168 Å². The molecule has 3 rings (SSSR count). The van der Waals surface area contributed by atoms with Crippen LogP contribution in [0.3, 0.4) is 0 Å². The lowest BCUT2D eigenvalue weighted by molar-refractivity contribution is 0.102. The molecule has 0 spiro atoms. The van der Waals surface area contributed by atoms with Crippen LogP contribution in [0.1, 0.15) is 16.1 Å². The van der Waals surface area contributed by atoms with Crippen LogP contribution in [0.2, 0.25) is 0 Å². The number of benzene rings is 1. The number of nitrogens with one attached hydrogen (secondary N) is 2. The Kier molecular flexibility index (Phi) is 6.47. The number of amides is 1. The molecular formula is C21H22N4O4. The molecule has 8 nitrogen and oxygen atoms in total. The van der Waals surface area contributed by atoms with Gasteiger partial charge in [-0.25, -0.2) is 4.98 Å². The Balaban J connectivity index is 1.68. The van der Waals surface area contributed by atoms with Crippen LogP contribution in [-0.4, -0.2) is 37.2 Å². The number of carbonyl (C=O) groups is 1. The highest BCUT2D eigenvalue weighted by Gasteiger charge is 2.15. The first-order chi connectivity index (χ1) is 14.1. The molecule has 0 aliphatic carbocycles. The second kappa shape index (κ2) is 9.41. The molecule has 0 saturated heterocycles. The van der Waals surface area contributed by atoms with Crippen molar-refractivity contribution in [3.05, 3.63) is 66.2 Å². The van der Waals surface area contributed by atoms with Gasteiger partial charge in [-0.15, -0.1) is 0 Å². The molecule has 0 radical (unpaired) electrons. The van der Waals surface area contributed by atoms with E-state index in [4.69, 9.17) is 14.2 Å². The zero-order chi connectivity index (χ0) is 20.6. The van der Waals surface area contributed by atoms with Crippen molar-refractivity contribution < 1.29 is 19.0 Å². The molecule has 0 bridgehead atoms. The molecule has 0 atom stereocenters. The number of ether oxygens (including phenoxy) is 3. The molecule has 2 aromatic heterocycles. The van der Waals surface area contributed by atoms with E-state index < -0.39 is 0 Å². The zero-order valence-corrected chi connectivity index (χ0v) is 16.4. The van der Waals surface area contributed by atoms with E-state index in [1.807, 2.05) is 12.1 Å². The average Bonchev–Trinajstić information content (AvgIpc) is 2.77. The average molecular weight is 394 g/mol. The quantitative estimate of drug-likeness (QED) is 0.605. The highest BCUT2D eigenvalue weighted by molar-refractivity contribution is 6.03. The Morgan fingerprint density at radius 1 is 0.931 bits per heavy atom. The van der Waals surface area contributed by atoms with Crippen LogP contribution in [0.5, 0.6) is 17.2 Å². The minimum Gasteiger partial charge on any atom is -0.493 e. The summed E-state index contributed by atoms with van der Waals surface area (Å²) in [6, 6.07) is 10.6. The molecule has 1 aromatic carbocycles. The number of hydrogen-bond acceptors (Lipinski definition) is 7. The van der Waals surface area contributed by atoms with Gasteiger partial charge < -0.3 is 24.8 Å². The van der Waals surface area contributed by atoms with Gasteiger partial charge in [0.05, 0.1) is 33.2 Å². The number of methoxy groups -OCH3 is 3. The molecule has 0 saturated carbocycles. The van der Waals surface area contributed by atoms with E-state index in [9.17, 15) is 4.79 Å². The molecule has 2 N–H and O–H groups in total. The first kappa shape index (κ1) is 19.9. The van der Waals surface area contributed by atoms with Gasteiger partial charge in [0.1, 0.15) is 5.69 Å². The van der Waals surface area contributed by atoms with Crippen LogP contribution in [0.15, 0.2) is 55.0 Å². The van der Waals surface area contributed by atoms with E-state index in [2.05, 4.69) is 20.6 Å². The van der Waals surface area contributed by atoms with Crippen molar-refractivity contribution in [2.75, 3.05) is 32.0 Å². The fraction of sp³-hybridized carbons (Fsp3) is 0.190. The summed E-state index contributed by atoms with van der Waals surface area (Å²) in [7, 11) is 4.55. The fourth-order valence-electron chi connectivity index (χ4n) is 2.69. The van der Waals surface area contributed by atoms with Crippen LogP contribution in [0.4, 0.5) is 11.4 Å². The standard InChI is InChI=1S/C21H22N4O4/c1-27-18-10-16(11-19(28-2)20(18)29-3)25-21(26)17-5-4-15(13-24-17)23-12-14-6-8-22-9-7-14/h4-11,13,23H,12H2,1-3H3,(H,25,26). The summed E-state index contributed by atoms with van der Waals surface area (Å²) >= 11 is 0. The van der Waals surface area contributed by atoms with E-state index >= 15 is 0 Å². The molecule has 0 aliphatic rings. The van der Waals surface area contributed by atoms with Gasteiger partial charge in [0.2, 0.25) is 5.75 Å². The Bertz CT molecular complexity index is 937. The molecule has 29 heavy (non-hydrogen) atoms. The number of hydrogen-bond donors (Lipinski definition) is 2. The van der Waals surface area contributed by atoms with Gasteiger partial charge in [0.25, 0.3) is 5.91 Å². The monoisotopic (exact) mass is 394 g/mol. The topological polar surface area (TPSA) is 94.6 Å². The largest absolute Gasteiger partial charge is 0.493 e. The third-order valence-corrected chi connectivity index (χ3v) is 4.16. The maximum absolute atomic E-state index is 12.5. The second-order valence-electron chi connectivity index (χ2n) is 6.01. The highest BCUT2D eigenvalue weighted by Crippen LogP contribution is 2.39. The normalized spacial score (nSPS) is 10.2. The summed E-state index contributed by atoms with van der Waals surface area (Å²) in [6.07, 6.45) is 5.10. The van der Waals surface area contributed by atoms with Crippen molar-refractivity contribution in [3.8, 4) is 17.2 Å². The Morgan fingerprint density at radius 3 is 2.17 bits per heavy atom. The lowest BCUT2D eigenvalue weighted by Crippen LogP contribution is -2.14. The number of carbonyl (C=O) groups excluding carboxylic acids is 1. The lowest BCUT2D eigenvalue weighted by Gasteiger charge is -2.14. The number of nitrogens with zero attached hydrogens (tertiary/aromatic N) is 2. The van der Waals surface area contributed by atoms with Gasteiger partial charge in [-0.3, -0.25) is 9.78 Å². The SMILES string of the molecule is COc1cc(NC(=O)c2ccc(NCc3ccncc3)cn2)cc(OC)c1OC. The maximum atomic E-state index is 12.5. The van der Waals surface area contributed by atoms with Crippen molar-refractivity contribution >= 4 is 17.3 Å². The van der Waals surface area contributed by atoms with Crippen molar-refractivity contribution in [3.63, 3.8) is 0 Å². The lowest BCUT2D eigenvalue weighted by atomic mass is 10.2. The van der Waals surface area contributed by atoms with Gasteiger partial charge >= 0.3 is 0 Å². The fourth-order valence-corrected chi connectivity index (χ4v) is 2.69. The van der Waals surface area contributed by atoms with Crippen LogP contribution >= 0.6 is 0 Å². The smallest absolute Gasteiger partial charge is 0.274 e. The summed E-state index contributed by atoms with van der Waals surface area (Å²) in [4.78, 5) is 20.8. The first-order valence-corrected chi connectivity index (χ1v) is 8.84. The second-order valence-corrected chi connectivity index (χ2v) is 6.01. The summed E-state index contributed by atoms with van der Waals surface area (Å²) < 4.78 is 15.9. The first-order valence-electron chi connectivity index (χ1n) is 8.84. The summed E-state index contributed by atoms with van der Waals surface area (Å²) in [5.41, 5.74) is 2.70. The minimum absolute atomic E-state index is 0.285. The molecule has 1 amide bonds. The summed E-state index contributed by atoms with van der Waals surface area (Å²) in [6.45, 7) is 0.640. The van der Waals surface area contributed by atoms with Crippen molar-refractivity contribution in [1.82, 2.24) is 9.97 Å². The minimum atomic E-state index is -0.347. The molecule has 150 valence electrons. The van der Waals surface area contributed by atoms with Crippen LogP contribution in [0.25, 0.3) is 0 Å². The highest BCUT2D eigenvalue weighted by atomic mass is 16.5. The number of rotatable bonds is 8. The van der Waals surface area contributed by atoms with Crippen LogP contribution < -0.4 is 24.8 Å². The van der Waals surface area contributed by atoms with Gasteiger partial charge in [0.15, 0.2) is 11.5 Å². The van der Waals surface area contributed by atoms with Crippen LogP contribution in [0, 0.1) is 0 Å². The summed E-state index contributed by atoms with van der Waals surface area (Å²) in [5.74, 6) is 1.01. The molecule has 0 unspecified atom stereocenters. The number of aromatic nitrogens is 2. The third kappa shape index (κ3) is 4.92. The number of pyridine rings is 2. The molecule has 3 aromatic rings. The summed E-state index contributed by atoms with van der Waals surface area (Å²) in [5, 5.41) is 6.04.